The molecule has 5 atom stereocenters. The maximum Gasteiger partial charge on any atom is 0.0991 e. The third-order valence-electron chi connectivity index (χ3n) is 3.11. The average molecular weight is 189 g/mol. The minimum absolute atomic E-state index is 0.179. The molecule has 0 saturated carbocycles. The molecule has 4 N–H and O–H groups in total. The van der Waals surface area contributed by atoms with Crippen LogP contribution in [0.1, 0.15) is 6.42 Å². The monoisotopic (exact) mass is 189 g/mol. The lowest BCUT2D eigenvalue weighted by atomic mass is 10.0. The van der Waals surface area contributed by atoms with Gasteiger partial charge in [0.25, 0.3) is 0 Å². The van der Waals surface area contributed by atoms with E-state index in [1.807, 2.05) is 0 Å². The van der Waals surface area contributed by atoms with Crippen molar-refractivity contribution in [3.05, 3.63) is 0 Å². The molecule has 2 heterocycles. The summed E-state index contributed by atoms with van der Waals surface area (Å²) in [6, 6.07) is -0.612. The van der Waals surface area contributed by atoms with Crippen LogP contribution in [0.3, 0.4) is 0 Å². The van der Waals surface area contributed by atoms with Crippen molar-refractivity contribution < 1.29 is 20.4 Å². The molecule has 0 bridgehead atoms. The molecule has 2 rings (SSSR count). The van der Waals surface area contributed by atoms with Crippen LogP contribution in [-0.4, -0.2) is 68.9 Å². The van der Waals surface area contributed by atoms with E-state index in [-0.39, 0.29) is 12.6 Å². The zero-order valence-corrected chi connectivity index (χ0v) is 7.24. The first-order chi connectivity index (χ1) is 6.15. The summed E-state index contributed by atoms with van der Waals surface area (Å²) < 4.78 is 0. The van der Waals surface area contributed by atoms with Crippen molar-refractivity contribution in [2.75, 3.05) is 13.2 Å². The minimum Gasteiger partial charge on any atom is -0.395 e. The molecule has 0 aromatic carbocycles. The molecule has 76 valence electrons. The second kappa shape index (κ2) is 3.18. The van der Waals surface area contributed by atoms with Crippen LogP contribution in [0, 0.1) is 0 Å². The molecule has 0 spiro atoms. The van der Waals surface area contributed by atoms with Crippen LogP contribution in [0.4, 0.5) is 0 Å². The van der Waals surface area contributed by atoms with Crippen molar-refractivity contribution in [3.8, 4) is 0 Å². The summed E-state index contributed by atoms with van der Waals surface area (Å²) in [4.78, 5) is 1.79. The molecule has 0 amide bonds. The van der Waals surface area contributed by atoms with Gasteiger partial charge < -0.3 is 20.4 Å². The van der Waals surface area contributed by atoms with E-state index in [1.165, 1.54) is 0 Å². The van der Waals surface area contributed by atoms with E-state index >= 15 is 0 Å². The van der Waals surface area contributed by atoms with Gasteiger partial charge in [0, 0.05) is 12.6 Å². The van der Waals surface area contributed by atoms with E-state index in [9.17, 15) is 15.3 Å². The van der Waals surface area contributed by atoms with Gasteiger partial charge in [-0.2, -0.15) is 0 Å². The Morgan fingerprint density at radius 2 is 1.85 bits per heavy atom. The van der Waals surface area contributed by atoms with Gasteiger partial charge in [0.1, 0.15) is 0 Å². The van der Waals surface area contributed by atoms with Gasteiger partial charge in [0.15, 0.2) is 0 Å². The number of rotatable bonds is 1. The Hall–Kier alpha value is -0.200. The molecule has 2 aliphatic heterocycles. The highest BCUT2D eigenvalue weighted by Crippen LogP contribution is 2.32. The molecule has 2 aliphatic rings. The Labute approximate surface area is 76.2 Å². The van der Waals surface area contributed by atoms with Crippen LogP contribution in [0.2, 0.25) is 0 Å². The SMILES string of the molecule is OC[C@@H]1[C@@H](O)[C@@H](O)[C@H]2C[C@@H](O)CN21. The van der Waals surface area contributed by atoms with Crippen molar-refractivity contribution in [1.82, 2.24) is 4.90 Å². The van der Waals surface area contributed by atoms with E-state index in [1.54, 1.807) is 4.90 Å². The van der Waals surface area contributed by atoms with Crippen molar-refractivity contribution >= 4 is 0 Å². The van der Waals surface area contributed by atoms with E-state index < -0.39 is 24.4 Å². The lowest BCUT2D eigenvalue weighted by Crippen LogP contribution is -2.40. The number of hydrogen-bond acceptors (Lipinski definition) is 5. The topological polar surface area (TPSA) is 84.2 Å². The van der Waals surface area contributed by atoms with Gasteiger partial charge >= 0.3 is 0 Å². The standard InChI is InChI=1S/C8H15NO4/c10-3-6-8(13)7(12)5-1-4(11)2-9(5)6/h4-8,10-13H,1-3H2/t4-,5-,6-,7+,8-/m1/s1. The number of fused-ring (bicyclic) bond motifs is 1. The van der Waals surface area contributed by atoms with Crippen molar-refractivity contribution in [1.29, 1.82) is 0 Å². The normalized spacial score (nSPS) is 51.2. The largest absolute Gasteiger partial charge is 0.395 e. The van der Waals surface area contributed by atoms with E-state index in [2.05, 4.69) is 0 Å². The van der Waals surface area contributed by atoms with Crippen LogP contribution in [0.5, 0.6) is 0 Å². The summed E-state index contributed by atoms with van der Waals surface area (Å²) in [7, 11) is 0. The Morgan fingerprint density at radius 3 is 2.46 bits per heavy atom. The third kappa shape index (κ3) is 1.28. The Bertz CT molecular complexity index is 199. The lowest BCUT2D eigenvalue weighted by molar-refractivity contribution is 0.00859. The minimum atomic E-state index is -0.887. The molecule has 5 nitrogen and oxygen atoms in total. The first-order valence-corrected chi connectivity index (χ1v) is 4.56. The van der Waals surface area contributed by atoms with E-state index in [4.69, 9.17) is 5.11 Å². The third-order valence-corrected chi connectivity index (χ3v) is 3.11. The van der Waals surface area contributed by atoms with Crippen molar-refractivity contribution in [2.45, 2.75) is 36.8 Å². The number of aliphatic hydroxyl groups is 4. The molecule has 0 aliphatic carbocycles. The molecule has 5 heteroatoms. The van der Waals surface area contributed by atoms with Gasteiger partial charge in [0.05, 0.1) is 31.0 Å². The fourth-order valence-corrected chi connectivity index (χ4v) is 2.45. The highest BCUT2D eigenvalue weighted by molar-refractivity contribution is 5.05. The number of aliphatic hydroxyl groups excluding tert-OH is 4. The quantitative estimate of drug-likeness (QED) is 0.367. The van der Waals surface area contributed by atoms with Crippen LogP contribution in [-0.2, 0) is 0 Å². The summed E-state index contributed by atoms with van der Waals surface area (Å²) in [5.74, 6) is 0. The number of nitrogens with zero attached hydrogens (tertiary/aromatic N) is 1. The predicted octanol–water partition coefficient (Wildman–Crippen LogP) is -2.48. The fourth-order valence-electron chi connectivity index (χ4n) is 2.45. The molecule has 0 aromatic heterocycles. The van der Waals surface area contributed by atoms with Crippen LogP contribution in [0.15, 0.2) is 0 Å². The molecule has 2 fully saturated rings. The van der Waals surface area contributed by atoms with Gasteiger partial charge in [0.2, 0.25) is 0 Å². The van der Waals surface area contributed by atoms with Gasteiger partial charge in [-0.1, -0.05) is 0 Å². The van der Waals surface area contributed by atoms with Crippen LogP contribution in [0.25, 0.3) is 0 Å². The first kappa shape index (κ1) is 9.36. The molecule has 0 unspecified atom stereocenters. The average Bonchev–Trinajstić information content (AvgIpc) is 2.54. The highest BCUT2D eigenvalue weighted by atomic mass is 16.3. The second-order valence-corrected chi connectivity index (χ2v) is 3.88. The lowest BCUT2D eigenvalue weighted by Gasteiger charge is -2.22. The zero-order chi connectivity index (χ0) is 9.59. The van der Waals surface area contributed by atoms with Crippen LogP contribution < -0.4 is 0 Å². The Kier molecular flexibility index (Phi) is 2.29. The van der Waals surface area contributed by atoms with Crippen molar-refractivity contribution in [3.63, 3.8) is 0 Å². The summed E-state index contributed by atoms with van der Waals surface area (Å²) in [6.45, 7) is 0.255. The highest BCUT2D eigenvalue weighted by Gasteiger charge is 2.51. The predicted molar refractivity (Wildman–Crippen MR) is 44.0 cm³/mol. The Morgan fingerprint density at radius 1 is 1.15 bits per heavy atom. The van der Waals surface area contributed by atoms with E-state index in [0.29, 0.717) is 13.0 Å². The van der Waals surface area contributed by atoms with Gasteiger partial charge in [-0.3, -0.25) is 4.90 Å². The molecular weight excluding hydrogens is 174 g/mol. The first-order valence-electron chi connectivity index (χ1n) is 4.56. The summed E-state index contributed by atoms with van der Waals surface area (Å²) >= 11 is 0. The molecular formula is C8H15NO4. The van der Waals surface area contributed by atoms with Crippen molar-refractivity contribution in [2.24, 2.45) is 0 Å². The maximum atomic E-state index is 9.57. The molecule has 13 heavy (non-hydrogen) atoms. The van der Waals surface area contributed by atoms with Gasteiger partial charge in [-0.25, -0.2) is 0 Å². The smallest absolute Gasteiger partial charge is 0.0991 e. The molecule has 0 radical (unpaired) electrons. The van der Waals surface area contributed by atoms with Gasteiger partial charge in [-0.05, 0) is 6.42 Å². The second-order valence-electron chi connectivity index (χ2n) is 3.88. The number of hydrogen-bond donors (Lipinski definition) is 4. The summed E-state index contributed by atoms with van der Waals surface area (Å²) in [6.07, 6.45) is -1.69. The summed E-state index contributed by atoms with van der Waals surface area (Å²) in [5, 5.41) is 37.4. The van der Waals surface area contributed by atoms with Crippen LogP contribution >= 0.6 is 0 Å². The maximum absolute atomic E-state index is 9.57. The van der Waals surface area contributed by atoms with Gasteiger partial charge in [-0.15, -0.1) is 0 Å². The molecule has 0 aromatic rings. The summed E-state index contributed by atoms with van der Waals surface area (Å²) in [5.41, 5.74) is 0. The zero-order valence-electron chi connectivity index (χ0n) is 7.24. The van der Waals surface area contributed by atoms with E-state index in [0.717, 1.165) is 0 Å². The fraction of sp³-hybridized carbons (Fsp3) is 1.00. The molecule has 2 saturated heterocycles. The Balaban J connectivity index is 2.15.